The fourth-order valence-corrected chi connectivity index (χ4v) is 6.99. The number of imide groups is 1. The lowest BCUT2D eigenvalue weighted by Gasteiger charge is -2.29. The first-order valence-corrected chi connectivity index (χ1v) is 15.3. The summed E-state index contributed by atoms with van der Waals surface area (Å²) >= 11 is 0. The minimum Gasteiger partial charge on any atom is -0.489 e. The van der Waals surface area contributed by atoms with E-state index in [1.54, 1.807) is 30.2 Å². The number of nitrogens with zero attached hydrogens (tertiary/aromatic N) is 4. The molecule has 1 aromatic heterocycles. The van der Waals surface area contributed by atoms with E-state index in [2.05, 4.69) is 15.2 Å². The van der Waals surface area contributed by atoms with E-state index in [9.17, 15) is 19.2 Å². The average molecular weight is 616 g/mol. The number of nitrogens with one attached hydrogen (secondary N) is 1. The Hall–Kier alpha value is -4.42. The Labute approximate surface area is 259 Å². The minimum atomic E-state index is -0.673. The molecule has 0 radical (unpaired) electrons. The zero-order valence-corrected chi connectivity index (χ0v) is 25.0. The maximum absolute atomic E-state index is 15.3. The third-order valence-electron chi connectivity index (χ3n) is 9.17. The molecule has 11 nitrogen and oxygen atoms in total. The van der Waals surface area contributed by atoms with Crippen LogP contribution in [0.5, 0.6) is 5.75 Å². The Morgan fingerprint density at radius 2 is 1.91 bits per heavy atom. The summed E-state index contributed by atoms with van der Waals surface area (Å²) in [6.45, 7) is 3.16. The van der Waals surface area contributed by atoms with E-state index in [-0.39, 0.29) is 48.2 Å². The third kappa shape index (κ3) is 5.64. The number of carbonyl (C=O) groups excluding carboxylic acids is 4. The van der Waals surface area contributed by atoms with Gasteiger partial charge in [0.1, 0.15) is 35.0 Å². The van der Waals surface area contributed by atoms with Crippen molar-refractivity contribution in [3.8, 4) is 5.75 Å². The molecule has 0 aliphatic carbocycles. The van der Waals surface area contributed by atoms with Gasteiger partial charge in [-0.15, -0.1) is 0 Å². The number of benzene rings is 2. The summed E-state index contributed by atoms with van der Waals surface area (Å²) in [6.07, 6.45) is 1.58. The van der Waals surface area contributed by atoms with Crippen molar-refractivity contribution < 1.29 is 33.0 Å². The van der Waals surface area contributed by atoms with Gasteiger partial charge in [0, 0.05) is 69.5 Å². The van der Waals surface area contributed by atoms with Crippen LogP contribution in [0.2, 0.25) is 0 Å². The first kappa shape index (κ1) is 29.3. The van der Waals surface area contributed by atoms with Crippen molar-refractivity contribution in [1.29, 1.82) is 0 Å². The molecule has 12 heteroatoms. The van der Waals surface area contributed by atoms with Crippen molar-refractivity contribution in [3.05, 3.63) is 65.0 Å². The van der Waals surface area contributed by atoms with Gasteiger partial charge in [0.2, 0.25) is 17.7 Å². The van der Waals surface area contributed by atoms with Crippen molar-refractivity contribution in [2.24, 2.45) is 5.92 Å². The quantitative estimate of drug-likeness (QED) is 0.384. The summed E-state index contributed by atoms with van der Waals surface area (Å²) in [5, 5.41) is 3.01. The second-order valence-corrected chi connectivity index (χ2v) is 12.3. The monoisotopic (exact) mass is 615 g/mol. The molecule has 234 valence electrons. The number of ether oxygens (including phenoxy) is 2. The van der Waals surface area contributed by atoms with Crippen molar-refractivity contribution in [1.82, 2.24) is 20.1 Å². The van der Waals surface area contributed by atoms with Crippen LogP contribution in [0.15, 0.2) is 42.5 Å². The van der Waals surface area contributed by atoms with Crippen LogP contribution in [-0.2, 0) is 32.2 Å². The molecular formula is C33H34FN5O6. The van der Waals surface area contributed by atoms with Crippen LogP contribution in [0.1, 0.15) is 47.2 Å². The van der Waals surface area contributed by atoms with Crippen molar-refractivity contribution in [3.63, 3.8) is 0 Å². The third-order valence-corrected chi connectivity index (χ3v) is 9.17. The molecule has 0 bridgehead atoms. The molecule has 0 spiro atoms. The highest BCUT2D eigenvalue weighted by Gasteiger charge is 2.40. The lowest BCUT2D eigenvalue weighted by atomic mass is 10.0. The molecule has 0 unspecified atom stereocenters. The first-order valence-electron chi connectivity index (χ1n) is 15.3. The lowest BCUT2D eigenvalue weighted by Crippen LogP contribution is -2.52. The molecule has 5 heterocycles. The zero-order valence-electron chi connectivity index (χ0n) is 25.0. The summed E-state index contributed by atoms with van der Waals surface area (Å²) < 4.78 is 27.2. The van der Waals surface area contributed by atoms with Gasteiger partial charge >= 0.3 is 0 Å². The number of halogens is 1. The van der Waals surface area contributed by atoms with Crippen LogP contribution >= 0.6 is 0 Å². The van der Waals surface area contributed by atoms with Crippen molar-refractivity contribution in [2.45, 2.75) is 50.9 Å². The average Bonchev–Trinajstić information content (AvgIpc) is 3.70. The van der Waals surface area contributed by atoms with Gasteiger partial charge in [-0.2, -0.15) is 0 Å². The molecule has 3 atom stereocenters. The molecule has 1 N–H and O–H groups in total. The predicted molar refractivity (Wildman–Crippen MR) is 161 cm³/mol. The molecule has 45 heavy (non-hydrogen) atoms. The number of pyridine rings is 1. The Bertz CT molecular complexity index is 1710. The van der Waals surface area contributed by atoms with E-state index in [0.717, 1.165) is 17.5 Å². The van der Waals surface area contributed by atoms with E-state index in [0.29, 0.717) is 68.1 Å². The topological polar surface area (TPSA) is 121 Å². The number of hydrogen-bond donors (Lipinski definition) is 1. The van der Waals surface area contributed by atoms with Crippen LogP contribution in [0.3, 0.4) is 0 Å². The summed E-state index contributed by atoms with van der Waals surface area (Å²) in [5.41, 5.74) is 2.37. The van der Waals surface area contributed by atoms with Gasteiger partial charge in [-0.3, -0.25) is 34.3 Å². The fourth-order valence-electron chi connectivity index (χ4n) is 6.99. The molecule has 4 aliphatic rings. The number of likely N-dealkylation sites (tertiary alicyclic amines) is 1. The van der Waals surface area contributed by atoms with E-state index in [4.69, 9.17) is 9.47 Å². The van der Waals surface area contributed by atoms with Crippen LogP contribution in [0.25, 0.3) is 10.9 Å². The number of anilines is 1. The van der Waals surface area contributed by atoms with Gasteiger partial charge in [-0.05, 0) is 66.4 Å². The highest BCUT2D eigenvalue weighted by atomic mass is 19.1. The smallest absolute Gasteiger partial charge is 0.255 e. The largest absolute Gasteiger partial charge is 0.489 e. The Balaban J connectivity index is 1.04. The van der Waals surface area contributed by atoms with Crippen LogP contribution < -0.4 is 15.0 Å². The summed E-state index contributed by atoms with van der Waals surface area (Å²) in [7, 11) is 1.65. The fraction of sp³-hybridized carbons (Fsp3) is 0.424. The van der Waals surface area contributed by atoms with Gasteiger partial charge in [0.25, 0.3) is 5.91 Å². The molecule has 3 fully saturated rings. The molecule has 3 aromatic rings. The van der Waals surface area contributed by atoms with Gasteiger partial charge in [0.05, 0.1) is 6.61 Å². The number of hydrogen-bond acceptors (Lipinski definition) is 8. The number of fused-ring (bicyclic) bond motifs is 2. The summed E-state index contributed by atoms with van der Waals surface area (Å²) in [4.78, 5) is 59.0. The molecule has 7 rings (SSSR count). The van der Waals surface area contributed by atoms with Crippen molar-refractivity contribution in [2.75, 3.05) is 38.3 Å². The number of methoxy groups -OCH3 is 1. The maximum atomic E-state index is 15.3. The number of aromatic nitrogens is 1. The Kier molecular flexibility index (Phi) is 7.70. The van der Waals surface area contributed by atoms with Crippen molar-refractivity contribution >= 4 is 40.3 Å². The predicted octanol–water partition coefficient (Wildman–Crippen LogP) is 2.79. The summed E-state index contributed by atoms with van der Waals surface area (Å²) in [6, 6.07) is 11.7. The highest BCUT2D eigenvalue weighted by molar-refractivity contribution is 6.05. The van der Waals surface area contributed by atoms with Gasteiger partial charge in [-0.1, -0.05) is 0 Å². The lowest BCUT2D eigenvalue weighted by molar-refractivity contribution is -0.137. The minimum absolute atomic E-state index is 0.0119. The summed E-state index contributed by atoms with van der Waals surface area (Å²) in [5.74, 6) is -0.226. The molecule has 4 aliphatic heterocycles. The van der Waals surface area contributed by atoms with Gasteiger partial charge in [0.15, 0.2) is 0 Å². The second kappa shape index (κ2) is 11.8. The van der Waals surface area contributed by atoms with E-state index >= 15 is 4.39 Å². The van der Waals surface area contributed by atoms with E-state index in [1.807, 2.05) is 18.2 Å². The first-order chi connectivity index (χ1) is 21.8. The SMILES string of the molecule is COC[C@@H]1CN(Cc2cc(F)c3nc(N4CCCC4=O)ccc3c2)C[C@H]1Oc1ccc2c(c1)CN([C@H]1CCC(=O)NC1=O)C2=O. The number of piperidine rings is 1. The Morgan fingerprint density at radius 1 is 1.04 bits per heavy atom. The van der Waals surface area contributed by atoms with Gasteiger partial charge in [-0.25, -0.2) is 9.37 Å². The molecule has 3 saturated heterocycles. The van der Waals surface area contributed by atoms with E-state index in [1.165, 1.54) is 11.0 Å². The number of rotatable bonds is 8. The second-order valence-electron chi connectivity index (χ2n) is 12.3. The normalized spacial score (nSPS) is 23.7. The standard InChI is InChI=1S/C33H34FN5O6/c1-44-18-22-15-37(14-19-11-20-4-8-28(35-31(20)25(34)12-19)38-10-2-3-30(38)41)17-27(22)45-23-5-6-24-21(13-23)16-39(33(24)43)26-7-9-29(40)36-32(26)42/h4-6,8,11-13,22,26-27H,2-3,7,9-10,14-18H2,1H3,(H,36,40,42)/t22-,26-,27+/m0/s1. The van der Waals surface area contributed by atoms with Gasteiger partial charge < -0.3 is 14.4 Å². The molecular weight excluding hydrogens is 581 g/mol. The molecule has 2 aromatic carbocycles. The van der Waals surface area contributed by atoms with Crippen LogP contribution in [-0.4, -0.2) is 83.9 Å². The number of amides is 4. The van der Waals surface area contributed by atoms with Crippen LogP contribution in [0.4, 0.5) is 10.2 Å². The van der Waals surface area contributed by atoms with Crippen LogP contribution in [0, 0.1) is 11.7 Å². The highest BCUT2D eigenvalue weighted by Crippen LogP contribution is 2.33. The Morgan fingerprint density at radius 3 is 2.69 bits per heavy atom. The maximum Gasteiger partial charge on any atom is 0.255 e. The zero-order chi connectivity index (χ0) is 31.2. The molecule has 4 amide bonds. The van der Waals surface area contributed by atoms with E-state index < -0.39 is 17.8 Å². The number of carbonyl (C=O) groups is 4. The molecule has 0 saturated carbocycles.